The summed E-state index contributed by atoms with van der Waals surface area (Å²) in [7, 11) is 0. The quantitative estimate of drug-likeness (QED) is 0.770. The SMILES string of the molecule is CSc1cccc(NCCC2CCC2)c1C(=O)O. The van der Waals surface area contributed by atoms with E-state index in [0.29, 0.717) is 5.56 Å². The summed E-state index contributed by atoms with van der Waals surface area (Å²) in [5.41, 5.74) is 1.15. The Labute approximate surface area is 112 Å². The van der Waals surface area contributed by atoms with Gasteiger partial charge in [0.2, 0.25) is 0 Å². The van der Waals surface area contributed by atoms with E-state index in [9.17, 15) is 9.90 Å². The van der Waals surface area contributed by atoms with Crippen molar-refractivity contribution in [2.24, 2.45) is 5.92 Å². The lowest BCUT2D eigenvalue weighted by molar-refractivity contribution is 0.0694. The molecule has 0 aliphatic heterocycles. The molecule has 2 rings (SSSR count). The van der Waals surface area contributed by atoms with E-state index >= 15 is 0 Å². The summed E-state index contributed by atoms with van der Waals surface area (Å²) in [6.45, 7) is 0.864. The van der Waals surface area contributed by atoms with Crippen LogP contribution in [0.25, 0.3) is 0 Å². The average Bonchev–Trinajstić information content (AvgIpc) is 2.31. The molecule has 1 fully saturated rings. The van der Waals surface area contributed by atoms with E-state index < -0.39 is 5.97 Å². The van der Waals surface area contributed by atoms with Gasteiger partial charge in [0.05, 0.1) is 5.56 Å². The van der Waals surface area contributed by atoms with Gasteiger partial charge in [-0.2, -0.15) is 0 Å². The Morgan fingerprint density at radius 2 is 2.28 bits per heavy atom. The highest BCUT2D eigenvalue weighted by Crippen LogP contribution is 2.30. The van der Waals surface area contributed by atoms with E-state index in [0.717, 1.165) is 29.5 Å². The van der Waals surface area contributed by atoms with Gasteiger partial charge in [-0.25, -0.2) is 4.79 Å². The number of aromatic carboxylic acids is 1. The molecule has 0 saturated heterocycles. The van der Waals surface area contributed by atoms with Crippen LogP contribution in [-0.2, 0) is 0 Å². The number of hydrogen-bond acceptors (Lipinski definition) is 3. The Hall–Kier alpha value is -1.16. The maximum Gasteiger partial charge on any atom is 0.338 e. The molecule has 0 heterocycles. The second-order valence-electron chi connectivity index (χ2n) is 4.70. The number of carboxylic acids is 1. The van der Waals surface area contributed by atoms with Crippen molar-refractivity contribution in [3.05, 3.63) is 23.8 Å². The van der Waals surface area contributed by atoms with Crippen molar-refractivity contribution in [3.8, 4) is 0 Å². The van der Waals surface area contributed by atoms with Gasteiger partial charge in [-0.3, -0.25) is 0 Å². The molecular formula is C14H19NO2S. The molecule has 0 spiro atoms. The first-order chi connectivity index (χ1) is 8.72. The van der Waals surface area contributed by atoms with Gasteiger partial charge in [0.25, 0.3) is 0 Å². The standard InChI is InChI=1S/C14H19NO2S/c1-18-12-7-3-6-11(13(12)14(16)17)15-9-8-10-4-2-5-10/h3,6-7,10,15H,2,4-5,8-9H2,1H3,(H,16,17). The molecule has 1 aromatic rings. The fourth-order valence-electron chi connectivity index (χ4n) is 2.26. The van der Waals surface area contributed by atoms with Crippen LogP contribution in [0, 0.1) is 5.92 Å². The monoisotopic (exact) mass is 265 g/mol. The first-order valence-electron chi connectivity index (χ1n) is 6.36. The van der Waals surface area contributed by atoms with Crippen LogP contribution in [-0.4, -0.2) is 23.9 Å². The molecule has 0 radical (unpaired) electrons. The van der Waals surface area contributed by atoms with Gasteiger partial charge >= 0.3 is 5.97 Å². The number of benzene rings is 1. The highest BCUT2D eigenvalue weighted by molar-refractivity contribution is 7.98. The van der Waals surface area contributed by atoms with Gasteiger partial charge in [0.1, 0.15) is 0 Å². The Morgan fingerprint density at radius 1 is 1.50 bits per heavy atom. The van der Waals surface area contributed by atoms with E-state index in [1.807, 2.05) is 24.5 Å². The van der Waals surface area contributed by atoms with Crippen molar-refractivity contribution in [1.82, 2.24) is 0 Å². The van der Waals surface area contributed by atoms with Crippen LogP contribution in [0.15, 0.2) is 23.1 Å². The maximum absolute atomic E-state index is 11.3. The van der Waals surface area contributed by atoms with Gasteiger partial charge in [-0.1, -0.05) is 25.3 Å². The summed E-state index contributed by atoms with van der Waals surface area (Å²) in [5.74, 6) is -0.0133. The lowest BCUT2D eigenvalue weighted by Gasteiger charge is -2.25. The summed E-state index contributed by atoms with van der Waals surface area (Å²) in [6.07, 6.45) is 7.06. The molecule has 2 N–H and O–H groups in total. The Bertz CT molecular complexity index is 430. The van der Waals surface area contributed by atoms with Crippen molar-refractivity contribution in [2.75, 3.05) is 18.1 Å². The molecule has 0 bridgehead atoms. The van der Waals surface area contributed by atoms with Crippen LogP contribution < -0.4 is 5.32 Å². The van der Waals surface area contributed by atoms with Gasteiger partial charge in [0.15, 0.2) is 0 Å². The minimum Gasteiger partial charge on any atom is -0.478 e. The molecular weight excluding hydrogens is 246 g/mol. The zero-order valence-corrected chi connectivity index (χ0v) is 11.4. The molecule has 0 atom stereocenters. The fraction of sp³-hybridized carbons (Fsp3) is 0.500. The van der Waals surface area contributed by atoms with Crippen molar-refractivity contribution in [3.63, 3.8) is 0 Å². The van der Waals surface area contributed by atoms with Gasteiger partial charge in [0, 0.05) is 17.1 Å². The second kappa shape index (κ2) is 6.14. The summed E-state index contributed by atoms with van der Waals surface area (Å²) in [4.78, 5) is 12.1. The third kappa shape index (κ3) is 2.99. The van der Waals surface area contributed by atoms with E-state index in [1.165, 1.54) is 31.0 Å². The fourth-order valence-corrected chi connectivity index (χ4v) is 2.88. The van der Waals surface area contributed by atoms with Crippen molar-refractivity contribution in [2.45, 2.75) is 30.6 Å². The first kappa shape index (κ1) is 13.3. The molecule has 1 saturated carbocycles. The zero-order chi connectivity index (χ0) is 13.0. The number of carbonyl (C=O) groups is 1. The number of carboxylic acid groups (broad SMARTS) is 1. The molecule has 1 aliphatic rings. The van der Waals surface area contributed by atoms with Crippen LogP contribution >= 0.6 is 11.8 Å². The van der Waals surface area contributed by atoms with Gasteiger partial charge in [-0.15, -0.1) is 11.8 Å². The number of nitrogens with one attached hydrogen (secondary N) is 1. The molecule has 0 unspecified atom stereocenters. The third-order valence-corrected chi connectivity index (χ3v) is 4.33. The number of rotatable bonds is 6. The minimum absolute atomic E-state index is 0.401. The largest absolute Gasteiger partial charge is 0.478 e. The Kier molecular flexibility index (Phi) is 4.53. The zero-order valence-electron chi connectivity index (χ0n) is 10.6. The molecule has 0 aromatic heterocycles. The summed E-state index contributed by atoms with van der Waals surface area (Å²) >= 11 is 1.47. The van der Waals surface area contributed by atoms with Crippen molar-refractivity contribution in [1.29, 1.82) is 0 Å². The van der Waals surface area contributed by atoms with Crippen LogP contribution in [0.2, 0.25) is 0 Å². The predicted molar refractivity (Wildman–Crippen MR) is 75.6 cm³/mol. The van der Waals surface area contributed by atoms with E-state index in [-0.39, 0.29) is 0 Å². The second-order valence-corrected chi connectivity index (χ2v) is 5.55. The van der Waals surface area contributed by atoms with E-state index in [4.69, 9.17) is 0 Å². The minimum atomic E-state index is -0.855. The topological polar surface area (TPSA) is 49.3 Å². The average molecular weight is 265 g/mol. The highest BCUT2D eigenvalue weighted by Gasteiger charge is 2.18. The smallest absolute Gasteiger partial charge is 0.338 e. The lowest BCUT2D eigenvalue weighted by Crippen LogP contribution is -2.16. The van der Waals surface area contributed by atoms with Crippen LogP contribution in [0.1, 0.15) is 36.0 Å². The molecule has 3 nitrogen and oxygen atoms in total. The Balaban J connectivity index is 2.03. The summed E-state index contributed by atoms with van der Waals surface area (Å²) < 4.78 is 0. The lowest BCUT2D eigenvalue weighted by atomic mass is 9.83. The van der Waals surface area contributed by atoms with Crippen LogP contribution in [0.5, 0.6) is 0 Å². The molecule has 18 heavy (non-hydrogen) atoms. The maximum atomic E-state index is 11.3. The first-order valence-corrected chi connectivity index (χ1v) is 7.59. The number of hydrogen-bond donors (Lipinski definition) is 2. The summed E-state index contributed by atoms with van der Waals surface area (Å²) in [5, 5.41) is 12.6. The molecule has 0 amide bonds. The molecule has 98 valence electrons. The number of thioether (sulfide) groups is 1. The third-order valence-electron chi connectivity index (χ3n) is 3.55. The number of anilines is 1. The van der Waals surface area contributed by atoms with Crippen molar-refractivity contribution >= 4 is 23.4 Å². The molecule has 1 aliphatic carbocycles. The highest BCUT2D eigenvalue weighted by atomic mass is 32.2. The Morgan fingerprint density at radius 3 is 2.83 bits per heavy atom. The van der Waals surface area contributed by atoms with E-state index in [1.54, 1.807) is 0 Å². The summed E-state index contributed by atoms with van der Waals surface area (Å²) in [6, 6.07) is 5.61. The molecule has 4 heteroatoms. The normalized spacial score (nSPS) is 15.2. The van der Waals surface area contributed by atoms with E-state index in [2.05, 4.69) is 5.32 Å². The van der Waals surface area contributed by atoms with Crippen LogP contribution in [0.3, 0.4) is 0 Å². The molecule has 1 aromatic carbocycles. The van der Waals surface area contributed by atoms with Gasteiger partial charge < -0.3 is 10.4 Å². The van der Waals surface area contributed by atoms with Crippen LogP contribution in [0.4, 0.5) is 5.69 Å². The van der Waals surface area contributed by atoms with Gasteiger partial charge in [-0.05, 0) is 30.7 Å². The predicted octanol–water partition coefficient (Wildman–Crippen LogP) is 3.71. The van der Waals surface area contributed by atoms with Crippen molar-refractivity contribution < 1.29 is 9.90 Å².